The molecule has 0 saturated heterocycles. The van der Waals surface area contributed by atoms with Gasteiger partial charge in [0, 0.05) is 17.1 Å². The molecule has 7 heteroatoms. The Hall–Kier alpha value is -3.02. The Kier molecular flexibility index (Phi) is 5.64. The van der Waals surface area contributed by atoms with E-state index < -0.39 is 11.8 Å². The van der Waals surface area contributed by atoms with Crippen LogP contribution in [-0.2, 0) is 9.59 Å². The molecule has 0 fully saturated rings. The lowest BCUT2D eigenvalue weighted by atomic mass is 10.2. The van der Waals surface area contributed by atoms with Crippen molar-refractivity contribution >= 4 is 57.8 Å². The van der Waals surface area contributed by atoms with Crippen LogP contribution in [0.25, 0.3) is 0 Å². The summed E-state index contributed by atoms with van der Waals surface area (Å²) in [6, 6.07) is 20.2. The summed E-state index contributed by atoms with van der Waals surface area (Å²) in [7, 11) is 0. The van der Waals surface area contributed by atoms with Crippen molar-refractivity contribution in [3.63, 3.8) is 0 Å². The zero-order valence-corrected chi connectivity index (χ0v) is 15.5. The van der Waals surface area contributed by atoms with E-state index in [1.54, 1.807) is 66.7 Å². The van der Waals surface area contributed by atoms with E-state index in [1.165, 1.54) is 4.90 Å². The van der Waals surface area contributed by atoms with Gasteiger partial charge in [-0.1, -0.05) is 47.5 Å². The number of para-hydroxylation sites is 2. The predicted molar refractivity (Wildman–Crippen MR) is 110 cm³/mol. The third kappa shape index (κ3) is 4.22. The largest absolute Gasteiger partial charge is 0.399 e. The number of halogens is 2. The molecule has 3 aromatic carbocycles. The summed E-state index contributed by atoms with van der Waals surface area (Å²) in [6.07, 6.45) is 0. The molecule has 5 nitrogen and oxygen atoms in total. The minimum Gasteiger partial charge on any atom is -0.399 e. The Balaban J connectivity index is 1.95. The van der Waals surface area contributed by atoms with Crippen molar-refractivity contribution in [1.29, 1.82) is 0 Å². The molecule has 0 unspecified atom stereocenters. The normalized spacial score (nSPS) is 10.3. The van der Waals surface area contributed by atoms with Crippen molar-refractivity contribution in [2.24, 2.45) is 0 Å². The first kappa shape index (κ1) is 18.8. The number of hydrogen-bond donors (Lipinski definition) is 2. The van der Waals surface area contributed by atoms with E-state index in [-0.39, 0.29) is 15.7 Å². The average Bonchev–Trinajstić information content (AvgIpc) is 2.67. The number of amides is 2. The van der Waals surface area contributed by atoms with Crippen LogP contribution in [0.4, 0.5) is 22.7 Å². The fourth-order valence-corrected chi connectivity index (χ4v) is 2.96. The highest BCUT2D eigenvalue weighted by atomic mass is 35.5. The lowest BCUT2D eigenvalue weighted by Crippen LogP contribution is -2.36. The molecular formula is C20H15Cl2N3O2. The third-order valence-corrected chi connectivity index (χ3v) is 4.39. The molecule has 0 atom stereocenters. The number of carbonyl (C=O) groups is 2. The quantitative estimate of drug-likeness (QED) is 0.486. The fraction of sp³-hybridized carbons (Fsp3) is 0. The summed E-state index contributed by atoms with van der Waals surface area (Å²) in [6.45, 7) is 0. The van der Waals surface area contributed by atoms with Crippen LogP contribution in [0.15, 0.2) is 72.8 Å². The molecule has 136 valence electrons. The fourth-order valence-electron chi connectivity index (χ4n) is 2.47. The van der Waals surface area contributed by atoms with Gasteiger partial charge in [-0.2, -0.15) is 0 Å². The topological polar surface area (TPSA) is 75.4 Å². The van der Waals surface area contributed by atoms with Crippen molar-refractivity contribution in [3.05, 3.63) is 82.8 Å². The Morgan fingerprint density at radius 1 is 0.778 bits per heavy atom. The van der Waals surface area contributed by atoms with E-state index in [9.17, 15) is 9.59 Å². The standard InChI is InChI=1S/C20H15Cl2N3O2/c21-16-7-4-8-17(22)18(16)24-19(26)20(27)25(14-5-2-1-3-6-14)15-11-9-13(23)10-12-15/h1-12H,23H2,(H,24,26). The summed E-state index contributed by atoms with van der Waals surface area (Å²) in [5.74, 6) is -1.66. The number of nitrogen functional groups attached to an aromatic ring is 1. The van der Waals surface area contributed by atoms with Gasteiger partial charge in [-0.05, 0) is 48.5 Å². The zero-order chi connectivity index (χ0) is 19.4. The van der Waals surface area contributed by atoms with Gasteiger partial charge in [0.1, 0.15) is 0 Å². The zero-order valence-electron chi connectivity index (χ0n) is 14.0. The predicted octanol–water partition coefficient (Wildman–Crippen LogP) is 4.88. The summed E-state index contributed by atoms with van der Waals surface area (Å²) in [4.78, 5) is 26.9. The number of anilines is 4. The molecule has 3 N–H and O–H groups in total. The molecule has 0 heterocycles. The number of carbonyl (C=O) groups excluding carboxylic acids is 2. The summed E-state index contributed by atoms with van der Waals surface area (Å²) in [5.41, 5.74) is 7.49. The first-order valence-electron chi connectivity index (χ1n) is 7.97. The molecule has 0 radical (unpaired) electrons. The molecule has 0 saturated carbocycles. The van der Waals surface area contributed by atoms with Crippen LogP contribution in [0, 0.1) is 0 Å². The number of benzene rings is 3. The van der Waals surface area contributed by atoms with Crippen LogP contribution in [0.2, 0.25) is 10.0 Å². The lowest BCUT2D eigenvalue weighted by molar-refractivity contribution is -0.134. The molecule has 0 aliphatic carbocycles. The second kappa shape index (κ2) is 8.12. The Morgan fingerprint density at radius 2 is 1.33 bits per heavy atom. The monoisotopic (exact) mass is 399 g/mol. The maximum Gasteiger partial charge on any atom is 0.321 e. The molecule has 0 aromatic heterocycles. The van der Waals surface area contributed by atoms with E-state index in [0.29, 0.717) is 17.1 Å². The van der Waals surface area contributed by atoms with E-state index in [1.807, 2.05) is 6.07 Å². The minimum atomic E-state index is -0.870. The average molecular weight is 400 g/mol. The molecular weight excluding hydrogens is 385 g/mol. The first-order valence-corrected chi connectivity index (χ1v) is 8.73. The first-order chi connectivity index (χ1) is 13.0. The van der Waals surface area contributed by atoms with Crippen molar-refractivity contribution < 1.29 is 9.59 Å². The Morgan fingerprint density at radius 3 is 1.93 bits per heavy atom. The highest BCUT2D eigenvalue weighted by Gasteiger charge is 2.26. The van der Waals surface area contributed by atoms with Gasteiger partial charge in [-0.3, -0.25) is 14.5 Å². The van der Waals surface area contributed by atoms with Crippen molar-refractivity contribution in [2.75, 3.05) is 16.0 Å². The Bertz CT molecular complexity index is 956. The van der Waals surface area contributed by atoms with Gasteiger partial charge in [-0.15, -0.1) is 0 Å². The van der Waals surface area contributed by atoms with Crippen LogP contribution < -0.4 is 16.0 Å². The van der Waals surface area contributed by atoms with Gasteiger partial charge in [0.15, 0.2) is 0 Å². The number of nitrogens with one attached hydrogen (secondary N) is 1. The van der Waals surface area contributed by atoms with E-state index in [4.69, 9.17) is 28.9 Å². The molecule has 27 heavy (non-hydrogen) atoms. The third-order valence-electron chi connectivity index (χ3n) is 3.76. The van der Waals surface area contributed by atoms with Crippen LogP contribution in [0.3, 0.4) is 0 Å². The molecule has 0 spiro atoms. The molecule has 3 rings (SSSR count). The second-order valence-corrected chi connectivity index (χ2v) is 6.43. The molecule has 2 amide bonds. The summed E-state index contributed by atoms with van der Waals surface area (Å²) < 4.78 is 0. The van der Waals surface area contributed by atoms with Crippen LogP contribution in [0.1, 0.15) is 0 Å². The van der Waals surface area contributed by atoms with Gasteiger partial charge < -0.3 is 11.1 Å². The smallest absolute Gasteiger partial charge is 0.321 e. The molecule has 3 aromatic rings. The van der Waals surface area contributed by atoms with Gasteiger partial charge in [0.2, 0.25) is 0 Å². The molecule has 0 aliphatic rings. The number of nitrogens with two attached hydrogens (primary N) is 1. The highest BCUT2D eigenvalue weighted by molar-refractivity contribution is 6.48. The van der Waals surface area contributed by atoms with E-state index >= 15 is 0 Å². The summed E-state index contributed by atoms with van der Waals surface area (Å²) in [5, 5.41) is 2.97. The van der Waals surface area contributed by atoms with E-state index in [0.717, 1.165) is 0 Å². The van der Waals surface area contributed by atoms with E-state index in [2.05, 4.69) is 5.32 Å². The minimum absolute atomic E-state index is 0.185. The van der Waals surface area contributed by atoms with Crippen LogP contribution >= 0.6 is 23.2 Å². The second-order valence-electron chi connectivity index (χ2n) is 5.62. The molecule has 0 bridgehead atoms. The van der Waals surface area contributed by atoms with Crippen molar-refractivity contribution in [1.82, 2.24) is 0 Å². The van der Waals surface area contributed by atoms with Gasteiger partial charge in [0.05, 0.1) is 15.7 Å². The van der Waals surface area contributed by atoms with Crippen molar-refractivity contribution in [3.8, 4) is 0 Å². The maximum absolute atomic E-state index is 13.0. The maximum atomic E-state index is 13.0. The van der Waals surface area contributed by atoms with Gasteiger partial charge in [0.25, 0.3) is 0 Å². The van der Waals surface area contributed by atoms with Gasteiger partial charge >= 0.3 is 11.8 Å². The van der Waals surface area contributed by atoms with Crippen molar-refractivity contribution in [2.45, 2.75) is 0 Å². The van der Waals surface area contributed by atoms with Crippen LogP contribution in [-0.4, -0.2) is 11.8 Å². The highest BCUT2D eigenvalue weighted by Crippen LogP contribution is 2.31. The number of rotatable bonds is 3. The molecule has 0 aliphatic heterocycles. The SMILES string of the molecule is Nc1ccc(N(C(=O)C(=O)Nc2c(Cl)cccc2Cl)c2ccccc2)cc1. The van der Waals surface area contributed by atoms with Gasteiger partial charge in [-0.25, -0.2) is 0 Å². The van der Waals surface area contributed by atoms with Crippen LogP contribution in [0.5, 0.6) is 0 Å². The lowest BCUT2D eigenvalue weighted by Gasteiger charge is -2.22. The number of nitrogens with zero attached hydrogens (tertiary/aromatic N) is 1. The number of hydrogen-bond acceptors (Lipinski definition) is 3. The Labute approximate surface area is 166 Å². The summed E-state index contributed by atoms with van der Waals surface area (Å²) >= 11 is 12.1.